The second kappa shape index (κ2) is 7.38. The summed E-state index contributed by atoms with van der Waals surface area (Å²) in [7, 11) is 0. The number of pyridine rings is 1. The minimum absolute atomic E-state index is 0.0783. The molecule has 0 atom stereocenters. The lowest BCUT2D eigenvalue weighted by atomic mass is 10.2. The molecule has 1 aliphatic rings. The fourth-order valence-corrected chi connectivity index (χ4v) is 3.32. The van der Waals surface area contributed by atoms with Crippen LogP contribution in [-0.2, 0) is 0 Å². The van der Waals surface area contributed by atoms with Gasteiger partial charge >= 0.3 is 0 Å². The van der Waals surface area contributed by atoms with Gasteiger partial charge in [-0.15, -0.1) is 0 Å². The Morgan fingerprint density at radius 3 is 2.57 bits per heavy atom. The molecular weight excluding hydrogens is 364 g/mol. The Kier molecular flexibility index (Phi) is 4.77. The molecule has 1 amide bonds. The van der Waals surface area contributed by atoms with E-state index in [-0.39, 0.29) is 11.6 Å². The van der Waals surface area contributed by atoms with Crippen LogP contribution in [0.2, 0.25) is 0 Å². The van der Waals surface area contributed by atoms with Gasteiger partial charge in [0, 0.05) is 19.2 Å². The lowest BCUT2D eigenvalue weighted by Crippen LogP contribution is -2.19. The quantitative estimate of drug-likeness (QED) is 0.746. The Balaban J connectivity index is 1.51. The highest BCUT2D eigenvalue weighted by atomic mass is 19.1. The standard InChI is InChI=1S/C20H19F2N5O/c1-13-16(12-24-27(13)18-6-4-14(21)10-17(18)22)20(28)25-15-5-7-19(23-11-15)26-8-2-3-9-26/h4-7,10-12H,2-3,8-9H2,1H3,(H,25,28). The highest BCUT2D eigenvalue weighted by molar-refractivity contribution is 6.04. The van der Waals surface area contributed by atoms with Crippen molar-refractivity contribution in [2.45, 2.75) is 19.8 Å². The van der Waals surface area contributed by atoms with E-state index in [1.807, 2.05) is 6.07 Å². The molecule has 4 rings (SSSR count). The van der Waals surface area contributed by atoms with Crippen LogP contribution in [0, 0.1) is 18.6 Å². The maximum Gasteiger partial charge on any atom is 0.259 e. The highest BCUT2D eigenvalue weighted by Crippen LogP contribution is 2.21. The normalized spacial score (nSPS) is 13.8. The average molecular weight is 383 g/mol. The average Bonchev–Trinajstić information content (AvgIpc) is 3.33. The predicted octanol–water partition coefficient (Wildman–Crippen LogP) is 3.71. The molecule has 1 aromatic carbocycles. The van der Waals surface area contributed by atoms with E-state index in [0.29, 0.717) is 16.9 Å². The van der Waals surface area contributed by atoms with Crippen molar-refractivity contribution in [1.29, 1.82) is 0 Å². The number of amides is 1. The van der Waals surface area contributed by atoms with Gasteiger partial charge in [-0.2, -0.15) is 5.10 Å². The SMILES string of the molecule is Cc1c(C(=O)Nc2ccc(N3CCCC3)nc2)cnn1-c1ccc(F)cc1F. The first-order valence-electron chi connectivity index (χ1n) is 9.05. The second-order valence-corrected chi connectivity index (χ2v) is 6.70. The Hall–Kier alpha value is -3.29. The van der Waals surface area contributed by atoms with E-state index in [0.717, 1.165) is 43.9 Å². The van der Waals surface area contributed by atoms with Crippen LogP contribution in [0.25, 0.3) is 5.69 Å². The van der Waals surface area contributed by atoms with Gasteiger partial charge in [0.25, 0.3) is 5.91 Å². The van der Waals surface area contributed by atoms with E-state index < -0.39 is 11.6 Å². The number of hydrogen-bond donors (Lipinski definition) is 1. The van der Waals surface area contributed by atoms with Crippen LogP contribution in [-0.4, -0.2) is 33.8 Å². The van der Waals surface area contributed by atoms with Gasteiger partial charge in [-0.05, 0) is 44.0 Å². The molecule has 3 aromatic rings. The number of nitrogens with zero attached hydrogens (tertiary/aromatic N) is 4. The molecule has 3 heterocycles. The summed E-state index contributed by atoms with van der Waals surface area (Å²) in [5.41, 5.74) is 1.39. The van der Waals surface area contributed by atoms with Crippen LogP contribution in [0.4, 0.5) is 20.3 Å². The smallest absolute Gasteiger partial charge is 0.259 e. The summed E-state index contributed by atoms with van der Waals surface area (Å²) < 4.78 is 28.4. The largest absolute Gasteiger partial charge is 0.357 e. The van der Waals surface area contributed by atoms with Crippen molar-refractivity contribution in [3.05, 3.63) is 65.6 Å². The maximum absolute atomic E-state index is 14.0. The molecule has 2 aromatic heterocycles. The van der Waals surface area contributed by atoms with E-state index >= 15 is 0 Å². The predicted molar refractivity (Wildman–Crippen MR) is 102 cm³/mol. The highest BCUT2D eigenvalue weighted by Gasteiger charge is 2.18. The summed E-state index contributed by atoms with van der Waals surface area (Å²) in [6, 6.07) is 6.90. The van der Waals surface area contributed by atoms with Crippen LogP contribution in [0.3, 0.4) is 0 Å². The third kappa shape index (κ3) is 3.45. The molecule has 0 saturated carbocycles. The minimum Gasteiger partial charge on any atom is -0.357 e. The van der Waals surface area contributed by atoms with Crippen LogP contribution in [0.1, 0.15) is 28.9 Å². The molecule has 0 unspecified atom stereocenters. The number of nitrogens with one attached hydrogen (secondary N) is 1. The Morgan fingerprint density at radius 2 is 1.89 bits per heavy atom. The maximum atomic E-state index is 14.0. The van der Waals surface area contributed by atoms with E-state index in [9.17, 15) is 13.6 Å². The zero-order valence-electron chi connectivity index (χ0n) is 15.3. The van der Waals surface area contributed by atoms with Crippen molar-refractivity contribution in [2.24, 2.45) is 0 Å². The zero-order valence-corrected chi connectivity index (χ0v) is 15.3. The Bertz CT molecular complexity index is 1010. The first kappa shape index (κ1) is 18.1. The summed E-state index contributed by atoms with van der Waals surface area (Å²) in [5, 5.41) is 6.86. The molecule has 0 aliphatic carbocycles. The van der Waals surface area contributed by atoms with Crippen LogP contribution in [0.15, 0.2) is 42.7 Å². The summed E-state index contributed by atoms with van der Waals surface area (Å²) in [4.78, 5) is 19.2. The van der Waals surface area contributed by atoms with Crippen LogP contribution in [0.5, 0.6) is 0 Å². The summed E-state index contributed by atoms with van der Waals surface area (Å²) in [6.45, 7) is 3.65. The van der Waals surface area contributed by atoms with Crippen molar-refractivity contribution in [2.75, 3.05) is 23.3 Å². The molecule has 1 aliphatic heterocycles. The second-order valence-electron chi connectivity index (χ2n) is 6.70. The monoisotopic (exact) mass is 383 g/mol. The van der Waals surface area contributed by atoms with Gasteiger partial charge in [-0.3, -0.25) is 4.79 Å². The number of halogens is 2. The van der Waals surface area contributed by atoms with Crippen molar-refractivity contribution in [3.8, 4) is 5.69 Å². The van der Waals surface area contributed by atoms with Gasteiger partial charge in [0.2, 0.25) is 0 Å². The summed E-state index contributed by atoms with van der Waals surface area (Å²) in [5.74, 6) is -0.901. The lowest BCUT2D eigenvalue weighted by molar-refractivity contribution is 0.102. The molecule has 0 spiro atoms. The first-order chi connectivity index (χ1) is 13.5. The van der Waals surface area contributed by atoms with Crippen LogP contribution < -0.4 is 10.2 Å². The number of carbonyl (C=O) groups excluding carboxylic acids is 1. The van der Waals surface area contributed by atoms with Gasteiger partial charge < -0.3 is 10.2 Å². The number of carbonyl (C=O) groups is 1. The third-order valence-electron chi connectivity index (χ3n) is 4.83. The van der Waals surface area contributed by atoms with Crippen molar-refractivity contribution in [1.82, 2.24) is 14.8 Å². The van der Waals surface area contributed by atoms with Gasteiger partial charge in [0.05, 0.1) is 29.3 Å². The van der Waals surface area contributed by atoms with E-state index in [2.05, 4.69) is 20.3 Å². The van der Waals surface area contributed by atoms with Crippen molar-refractivity contribution < 1.29 is 13.6 Å². The van der Waals surface area contributed by atoms with Crippen LogP contribution >= 0.6 is 0 Å². The molecular formula is C20H19F2N5O. The van der Waals surface area contributed by atoms with Gasteiger partial charge in [0.1, 0.15) is 17.3 Å². The summed E-state index contributed by atoms with van der Waals surface area (Å²) >= 11 is 0. The van der Waals surface area contributed by atoms with Gasteiger partial charge in [-0.25, -0.2) is 18.4 Å². The fraction of sp³-hybridized carbons (Fsp3) is 0.250. The third-order valence-corrected chi connectivity index (χ3v) is 4.83. The topological polar surface area (TPSA) is 63.1 Å². The molecule has 1 N–H and O–H groups in total. The molecule has 144 valence electrons. The van der Waals surface area contributed by atoms with Gasteiger partial charge in [0.15, 0.2) is 5.82 Å². The molecule has 1 saturated heterocycles. The molecule has 28 heavy (non-hydrogen) atoms. The zero-order chi connectivity index (χ0) is 19.7. The van der Waals surface area contributed by atoms with E-state index in [1.54, 1.807) is 19.2 Å². The summed E-state index contributed by atoms with van der Waals surface area (Å²) in [6.07, 6.45) is 5.31. The molecule has 0 radical (unpaired) electrons. The Morgan fingerprint density at radius 1 is 1.11 bits per heavy atom. The number of rotatable bonds is 4. The fourth-order valence-electron chi connectivity index (χ4n) is 3.32. The molecule has 8 heteroatoms. The number of benzene rings is 1. The van der Waals surface area contributed by atoms with Crippen molar-refractivity contribution in [3.63, 3.8) is 0 Å². The molecule has 1 fully saturated rings. The van der Waals surface area contributed by atoms with E-state index in [4.69, 9.17) is 0 Å². The van der Waals surface area contributed by atoms with E-state index in [1.165, 1.54) is 16.9 Å². The van der Waals surface area contributed by atoms with Crippen molar-refractivity contribution >= 4 is 17.4 Å². The first-order valence-corrected chi connectivity index (χ1v) is 9.05. The lowest BCUT2D eigenvalue weighted by Gasteiger charge is -2.16. The minimum atomic E-state index is -0.750. The Labute approximate surface area is 160 Å². The molecule has 6 nitrogen and oxygen atoms in total. The molecule has 0 bridgehead atoms. The number of aromatic nitrogens is 3. The number of hydrogen-bond acceptors (Lipinski definition) is 4. The number of anilines is 2. The van der Waals surface area contributed by atoms with Gasteiger partial charge in [-0.1, -0.05) is 0 Å².